The van der Waals surface area contributed by atoms with Crippen molar-refractivity contribution in [3.63, 3.8) is 0 Å². The molecule has 8 heteroatoms. The number of alkyl halides is 3. The molecule has 1 amide bonds. The molecule has 1 aliphatic carbocycles. The average Bonchev–Trinajstić information content (AvgIpc) is 2.94. The zero-order chi connectivity index (χ0) is 18.2. The zero-order valence-corrected chi connectivity index (χ0v) is 14.1. The van der Waals surface area contributed by atoms with Gasteiger partial charge in [-0.3, -0.25) is 4.79 Å². The first-order valence-corrected chi connectivity index (χ1v) is 8.57. The quantitative estimate of drug-likeness (QED) is 0.835. The molecule has 1 N–H and O–H groups in total. The summed E-state index contributed by atoms with van der Waals surface area (Å²) in [5, 5.41) is 14.4. The second-order valence-corrected chi connectivity index (χ2v) is 6.92. The van der Waals surface area contributed by atoms with Crippen LogP contribution in [0.2, 0.25) is 5.02 Å². The van der Waals surface area contributed by atoms with E-state index in [1.807, 2.05) is 0 Å². The van der Waals surface area contributed by atoms with Crippen LogP contribution in [-0.2, 0) is 0 Å². The van der Waals surface area contributed by atoms with Crippen molar-refractivity contribution in [2.45, 2.75) is 50.4 Å². The van der Waals surface area contributed by atoms with Gasteiger partial charge in [-0.05, 0) is 30.9 Å². The van der Waals surface area contributed by atoms with E-state index in [1.165, 1.54) is 18.2 Å². The molecular formula is C17H18ClF3N2O2. The fourth-order valence-corrected chi connectivity index (χ4v) is 3.63. The summed E-state index contributed by atoms with van der Waals surface area (Å²) < 4.78 is 40.7. The molecule has 1 saturated carbocycles. The Bertz CT molecular complexity index is 701. The molecule has 1 fully saturated rings. The van der Waals surface area contributed by atoms with E-state index in [0.29, 0.717) is 0 Å². The van der Waals surface area contributed by atoms with Crippen LogP contribution in [0.1, 0.15) is 48.9 Å². The van der Waals surface area contributed by atoms with Crippen LogP contribution in [0.4, 0.5) is 13.2 Å². The highest BCUT2D eigenvalue weighted by Gasteiger charge is 2.63. The minimum Gasteiger partial charge on any atom is -0.362 e. The summed E-state index contributed by atoms with van der Waals surface area (Å²) in [5.74, 6) is -1.19. The van der Waals surface area contributed by atoms with E-state index < -0.39 is 24.2 Å². The van der Waals surface area contributed by atoms with Crippen molar-refractivity contribution in [2.24, 2.45) is 11.0 Å². The summed E-state index contributed by atoms with van der Waals surface area (Å²) in [7, 11) is 0. The van der Waals surface area contributed by atoms with Gasteiger partial charge < -0.3 is 5.11 Å². The van der Waals surface area contributed by atoms with Gasteiger partial charge in [-0.2, -0.15) is 23.3 Å². The third-order valence-electron chi connectivity index (χ3n) is 4.83. The van der Waals surface area contributed by atoms with Crippen molar-refractivity contribution in [3.05, 3.63) is 34.9 Å². The fourth-order valence-electron chi connectivity index (χ4n) is 3.42. The van der Waals surface area contributed by atoms with E-state index in [-0.39, 0.29) is 27.2 Å². The summed E-state index contributed by atoms with van der Waals surface area (Å²) in [6.45, 7) is 0. The van der Waals surface area contributed by atoms with Crippen LogP contribution in [0.3, 0.4) is 0 Å². The topological polar surface area (TPSA) is 52.9 Å². The number of hydrogen-bond donors (Lipinski definition) is 1. The Kier molecular flexibility index (Phi) is 4.81. The Morgan fingerprint density at radius 1 is 1.24 bits per heavy atom. The Morgan fingerprint density at radius 3 is 2.48 bits per heavy atom. The van der Waals surface area contributed by atoms with Crippen molar-refractivity contribution in [1.82, 2.24) is 5.01 Å². The summed E-state index contributed by atoms with van der Waals surface area (Å²) in [6, 6.07) is 5.78. The van der Waals surface area contributed by atoms with Crippen molar-refractivity contribution >= 4 is 23.2 Å². The number of aliphatic hydroxyl groups is 1. The Balaban J connectivity index is 1.98. The molecule has 136 valence electrons. The summed E-state index contributed by atoms with van der Waals surface area (Å²) in [4.78, 5) is 12.6. The Labute approximate surface area is 148 Å². The standard InChI is InChI=1S/C17H18ClF3N2O2/c18-13-9-5-4-8-12(13)15(24)23-16(25,17(19,20)21)10-14(22-23)11-6-2-1-3-7-11/h4-5,8-9,11,25H,1-3,6-7,10H2. The second kappa shape index (κ2) is 6.61. The molecule has 1 heterocycles. The van der Waals surface area contributed by atoms with E-state index in [9.17, 15) is 23.1 Å². The minimum absolute atomic E-state index is 0.0124. The number of halogens is 4. The van der Waals surface area contributed by atoms with Gasteiger partial charge in [0.05, 0.1) is 10.6 Å². The Hall–Kier alpha value is -1.60. The molecule has 2 aliphatic rings. The van der Waals surface area contributed by atoms with Gasteiger partial charge in [0.25, 0.3) is 11.6 Å². The molecule has 4 nitrogen and oxygen atoms in total. The first-order chi connectivity index (χ1) is 11.7. The van der Waals surface area contributed by atoms with Crippen LogP contribution >= 0.6 is 11.6 Å². The van der Waals surface area contributed by atoms with Crippen LogP contribution < -0.4 is 0 Å². The van der Waals surface area contributed by atoms with Crippen molar-refractivity contribution in [3.8, 4) is 0 Å². The molecule has 1 aromatic carbocycles. The first-order valence-electron chi connectivity index (χ1n) is 8.19. The van der Waals surface area contributed by atoms with Crippen molar-refractivity contribution in [1.29, 1.82) is 0 Å². The number of nitrogens with zero attached hydrogens (tertiary/aromatic N) is 2. The summed E-state index contributed by atoms with van der Waals surface area (Å²) in [6.07, 6.45) is -1.43. The number of hydrogen-bond acceptors (Lipinski definition) is 3. The monoisotopic (exact) mass is 374 g/mol. The average molecular weight is 375 g/mol. The minimum atomic E-state index is -5.02. The highest BCUT2D eigenvalue weighted by atomic mass is 35.5. The number of amides is 1. The van der Waals surface area contributed by atoms with E-state index in [0.717, 1.165) is 32.1 Å². The van der Waals surface area contributed by atoms with Gasteiger partial charge in [-0.25, -0.2) is 0 Å². The normalized spacial score (nSPS) is 25.2. The molecule has 0 aromatic heterocycles. The molecule has 0 spiro atoms. The highest BCUT2D eigenvalue weighted by molar-refractivity contribution is 6.33. The van der Waals surface area contributed by atoms with E-state index >= 15 is 0 Å². The first kappa shape index (κ1) is 18.2. The fraction of sp³-hybridized carbons (Fsp3) is 0.529. The van der Waals surface area contributed by atoms with Gasteiger partial charge >= 0.3 is 6.18 Å². The predicted molar refractivity (Wildman–Crippen MR) is 87.3 cm³/mol. The maximum atomic E-state index is 13.6. The van der Waals surface area contributed by atoms with Gasteiger partial charge in [0.1, 0.15) is 0 Å². The second-order valence-electron chi connectivity index (χ2n) is 6.51. The van der Waals surface area contributed by atoms with Gasteiger partial charge in [0, 0.05) is 12.1 Å². The number of rotatable bonds is 2. The highest BCUT2D eigenvalue weighted by Crippen LogP contribution is 2.44. The van der Waals surface area contributed by atoms with E-state index in [1.54, 1.807) is 6.07 Å². The number of hydrazone groups is 1. The van der Waals surface area contributed by atoms with Crippen LogP contribution in [0, 0.1) is 5.92 Å². The number of benzene rings is 1. The lowest BCUT2D eigenvalue weighted by Gasteiger charge is -2.33. The lowest BCUT2D eigenvalue weighted by molar-refractivity contribution is -0.297. The molecule has 0 radical (unpaired) electrons. The SMILES string of the molecule is O=C(c1ccccc1Cl)N1N=C(C2CCCCC2)CC1(O)C(F)(F)F. The maximum Gasteiger partial charge on any atom is 0.438 e. The third kappa shape index (κ3) is 3.27. The molecular weight excluding hydrogens is 357 g/mol. The molecule has 0 bridgehead atoms. The van der Waals surface area contributed by atoms with E-state index in [2.05, 4.69) is 5.10 Å². The van der Waals surface area contributed by atoms with Crippen LogP contribution in [0.5, 0.6) is 0 Å². The number of carbonyl (C=O) groups is 1. The zero-order valence-electron chi connectivity index (χ0n) is 13.4. The summed E-state index contributed by atoms with van der Waals surface area (Å²) >= 11 is 5.93. The molecule has 1 atom stereocenters. The number of carbonyl (C=O) groups excluding carboxylic acids is 1. The van der Waals surface area contributed by atoms with Crippen LogP contribution in [-0.4, -0.2) is 33.6 Å². The molecule has 0 saturated heterocycles. The maximum absolute atomic E-state index is 13.6. The Morgan fingerprint density at radius 2 is 1.88 bits per heavy atom. The summed E-state index contributed by atoms with van der Waals surface area (Å²) in [5.41, 5.74) is -3.23. The van der Waals surface area contributed by atoms with Gasteiger partial charge in [-0.1, -0.05) is 43.0 Å². The van der Waals surface area contributed by atoms with E-state index in [4.69, 9.17) is 11.6 Å². The van der Waals surface area contributed by atoms with Gasteiger partial charge in [-0.15, -0.1) is 0 Å². The van der Waals surface area contributed by atoms with Crippen molar-refractivity contribution < 1.29 is 23.1 Å². The molecule has 3 rings (SSSR count). The van der Waals surface area contributed by atoms with Crippen molar-refractivity contribution in [2.75, 3.05) is 0 Å². The molecule has 25 heavy (non-hydrogen) atoms. The molecule has 1 unspecified atom stereocenters. The molecule has 1 aromatic rings. The van der Waals surface area contributed by atoms with Gasteiger partial charge in [0.2, 0.25) is 0 Å². The third-order valence-corrected chi connectivity index (χ3v) is 5.16. The largest absolute Gasteiger partial charge is 0.438 e. The lowest BCUT2D eigenvalue weighted by Crippen LogP contribution is -2.56. The lowest BCUT2D eigenvalue weighted by atomic mass is 9.83. The van der Waals surface area contributed by atoms with Crippen LogP contribution in [0.25, 0.3) is 0 Å². The molecule has 1 aliphatic heterocycles. The van der Waals surface area contributed by atoms with Gasteiger partial charge in [0.15, 0.2) is 0 Å². The van der Waals surface area contributed by atoms with Crippen LogP contribution in [0.15, 0.2) is 29.4 Å². The predicted octanol–water partition coefficient (Wildman–Crippen LogP) is 4.37. The smallest absolute Gasteiger partial charge is 0.362 e.